The van der Waals surface area contributed by atoms with Crippen LogP contribution in [0.2, 0.25) is 0 Å². The van der Waals surface area contributed by atoms with Crippen LogP contribution in [0.1, 0.15) is 31.2 Å². The molecular formula is C21H23F2N3O3S. The Kier molecular flexibility index (Phi) is 5.48. The predicted octanol–water partition coefficient (Wildman–Crippen LogP) is 3.46. The highest BCUT2D eigenvalue weighted by Crippen LogP contribution is 2.36. The number of carbonyl (C=O) groups excluding carboxylic acids is 1. The summed E-state index contributed by atoms with van der Waals surface area (Å²) in [6.07, 6.45) is 1.51. The van der Waals surface area contributed by atoms with E-state index in [0.717, 1.165) is 0 Å². The monoisotopic (exact) mass is 435 g/mol. The molecule has 2 aliphatic carbocycles. The number of anilines is 1. The van der Waals surface area contributed by atoms with Crippen LogP contribution in [0.3, 0.4) is 0 Å². The first-order valence-corrected chi connectivity index (χ1v) is 11.4. The molecule has 0 radical (unpaired) electrons. The number of hydrogen-bond donors (Lipinski definition) is 1. The average Bonchev–Trinajstić information content (AvgIpc) is 3.42. The first-order chi connectivity index (χ1) is 14.2. The summed E-state index contributed by atoms with van der Waals surface area (Å²) in [6.45, 7) is 0. The maximum atomic E-state index is 13.7. The lowest BCUT2D eigenvalue weighted by molar-refractivity contribution is -0.111. The fourth-order valence-electron chi connectivity index (χ4n) is 3.71. The van der Waals surface area contributed by atoms with E-state index in [4.69, 9.17) is 0 Å². The third kappa shape index (κ3) is 4.30. The fourth-order valence-corrected chi connectivity index (χ4v) is 5.36. The Morgan fingerprint density at radius 3 is 2.30 bits per heavy atom. The quantitative estimate of drug-likeness (QED) is 0.705. The van der Waals surface area contributed by atoms with Crippen LogP contribution in [0.15, 0.2) is 47.5 Å². The van der Waals surface area contributed by atoms with E-state index >= 15 is 0 Å². The van der Waals surface area contributed by atoms with Gasteiger partial charge in [0.25, 0.3) is 5.91 Å². The van der Waals surface area contributed by atoms with Crippen LogP contribution in [0, 0.1) is 5.92 Å². The lowest BCUT2D eigenvalue weighted by atomic mass is 9.98. The van der Waals surface area contributed by atoms with Gasteiger partial charge in [0, 0.05) is 24.9 Å². The van der Waals surface area contributed by atoms with E-state index in [9.17, 15) is 22.0 Å². The van der Waals surface area contributed by atoms with E-state index in [-0.39, 0.29) is 28.6 Å². The van der Waals surface area contributed by atoms with Gasteiger partial charge in [0.15, 0.2) is 15.7 Å². The van der Waals surface area contributed by atoms with E-state index in [1.54, 1.807) is 37.5 Å². The standard InChI is InChI=1S/C21H23F2N3O3S/c1-26-9-8-20(25-26)24-21(27)17(10-13-11-18(22)19(23)12-13)14-2-4-15(5-3-14)30(28,29)16-6-7-16/h2-5,8-10,13,16,18-19H,6-7,11-12H2,1H3,(H,24,25,27)/b17-10+. The third-order valence-corrected chi connectivity index (χ3v) is 7.79. The van der Waals surface area contributed by atoms with Crippen LogP contribution in [0.4, 0.5) is 14.6 Å². The highest BCUT2D eigenvalue weighted by atomic mass is 32.2. The number of aromatic nitrogens is 2. The lowest BCUT2D eigenvalue weighted by Gasteiger charge is -2.12. The summed E-state index contributed by atoms with van der Waals surface area (Å²) in [7, 11) is -1.63. The topological polar surface area (TPSA) is 81.1 Å². The highest BCUT2D eigenvalue weighted by molar-refractivity contribution is 7.92. The van der Waals surface area contributed by atoms with Gasteiger partial charge < -0.3 is 5.32 Å². The SMILES string of the molecule is Cn1ccc(NC(=O)/C(=C/C2CC(F)C(F)C2)c2ccc(S(=O)(=O)C3CC3)cc2)n1. The van der Waals surface area contributed by atoms with Gasteiger partial charge in [-0.15, -0.1) is 0 Å². The maximum Gasteiger partial charge on any atom is 0.257 e. The smallest absolute Gasteiger partial charge is 0.257 e. The van der Waals surface area contributed by atoms with Crippen molar-refractivity contribution in [1.82, 2.24) is 9.78 Å². The van der Waals surface area contributed by atoms with E-state index in [1.807, 2.05) is 0 Å². The number of sulfone groups is 1. The number of rotatable bonds is 6. The summed E-state index contributed by atoms with van der Waals surface area (Å²) in [6, 6.07) is 7.72. The van der Waals surface area contributed by atoms with E-state index in [0.29, 0.717) is 24.2 Å². The van der Waals surface area contributed by atoms with Crippen molar-refractivity contribution in [3.8, 4) is 0 Å². The Morgan fingerprint density at radius 2 is 1.77 bits per heavy atom. The summed E-state index contributed by atoms with van der Waals surface area (Å²) in [5.74, 6) is -0.543. The number of hydrogen-bond acceptors (Lipinski definition) is 4. The lowest BCUT2D eigenvalue weighted by Crippen LogP contribution is -2.15. The molecule has 2 saturated carbocycles. The molecule has 2 unspecified atom stereocenters. The number of allylic oxidation sites excluding steroid dienone is 1. The minimum atomic E-state index is -3.34. The normalized spacial score (nSPS) is 24.8. The summed E-state index contributed by atoms with van der Waals surface area (Å²) in [5, 5.41) is 6.47. The molecule has 9 heteroatoms. The van der Waals surface area contributed by atoms with Crippen LogP contribution in [-0.2, 0) is 21.7 Å². The number of nitrogens with zero attached hydrogens (tertiary/aromatic N) is 2. The molecular weight excluding hydrogens is 412 g/mol. The minimum Gasteiger partial charge on any atom is -0.305 e. The van der Waals surface area contributed by atoms with E-state index in [1.165, 1.54) is 16.8 Å². The number of alkyl halides is 2. The molecule has 6 nitrogen and oxygen atoms in total. The van der Waals surface area contributed by atoms with Crippen molar-refractivity contribution >= 4 is 27.1 Å². The van der Waals surface area contributed by atoms with Crippen LogP contribution in [0.5, 0.6) is 0 Å². The first kappa shape index (κ1) is 20.7. The molecule has 2 fully saturated rings. The molecule has 0 aliphatic heterocycles. The first-order valence-electron chi connectivity index (χ1n) is 9.89. The summed E-state index contributed by atoms with van der Waals surface area (Å²) in [4.78, 5) is 13.2. The highest BCUT2D eigenvalue weighted by Gasteiger charge is 2.37. The van der Waals surface area contributed by atoms with Crippen LogP contribution < -0.4 is 5.32 Å². The van der Waals surface area contributed by atoms with Crippen molar-refractivity contribution < 1.29 is 22.0 Å². The van der Waals surface area contributed by atoms with Gasteiger partial charge in [0.05, 0.1) is 10.1 Å². The molecule has 160 valence electrons. The molecule has 1 aromatic carbocycles. The molecule has 0 saturated heterocycles. The number of nitrogens with one attached hydrogen (secondary N) is 1. The van der Waals surface area contributed by atoms with Gasteiger partial charge in [0.2, 0.25) is 0 Å². The van der Waals surface area contributed by atoms with Crippen molar-refractivity contribution in [2.75, 3.05) is 5.32 Å². The number of halogens is 2. The second-order valence-corrected chi connectivity index (χ2v) is 10.2. The predicted molar refractivity (Wildman–Crippen MR) is 109 cm³/mol. The van der Waals surface area contributed by atoms with Gasteiger partial charge >= 0.3 is 0 Å². The Morgan fingerprint density at radius 1 is 1.13 bits per heavy atom. The molecule has 4 rings (SSSR count). The third-order valence-electron chi connectivity index (χ3n) is 5.51. The largest absolute Gasteiger partial charge is 0.305 e. The maximum absolute atomic E-state index is 13.7. The summed E-state index contributed by atoms with van der Waals surface area (Å²) >= 11 is 0. The Balaban J connectivity index is 1.63. The minimum absolute atomic E-state index is 0.00960. The average molecular weight is 435 g/mol. The van der Waals surface area contributed by atoms with Crippen molar-refractivity contribution in [3.05, 3.63) is 48.2 Å². The molecule has 0 spiro atoms. The number of carbonyl (C=O) groups is 1. The number of amides is 1. The van der Waals surface area contributed by atoms with Crippen molar-refractivity contribution in [1.29, 1.82) is 0 Å². The van der Waals surface area contributed by atoms with Crippen LogP contribution in [-0.4, -0.2) is 41.7 Å². The van der Waals surface area contributed by atoms with Gasteiger partial charge in [-0.2, -0.15) is 5.10 Å². The van der Waals surface area contributed by atoms with E-state index in [2.05, 4.69) is 10.4 Å². The van der Waals surface area contributed by atoms with Gasteiger partial charge in [-0.3, -0.25) is 9.48 Å². The Bertz CT molecular complexity index is 1070. The second-order valence-electron chi connectivity index (χ2n) is 7.94. The fraction of sp³-hybridized carbons (Fsp3) is 0.429. The summed E-state index contributed by atoms with van der Waals surface area (Å²) < 4.78 is 53.7. The van der Waals surface area contributed by atoms with Crippen molar-refractivity contribution in [2.45, 2.75) is 48.2 Å². The Hall–Kier alpha value is -2.55. The molecule has 30 heavy (non-hydrogen) atoms. The zero-order valence-corrected chi connectivity index (χ0v) is 17.3. The van der Waals surface area contributed by atoms with Gasteiger partial charge in [-0.25, -0.2) is 17.2 Å². The van der Waals surface area contributed by atoms with Gasteiger partial charge in [-0.1, -0.05) is 18.2 Å². The number of benzene rings is 1. The molecule has 1 N–H and O–H groups in total. The number of aryl methyl sites for hydroxylation is 1. The molecule has 0 bridgehead atoms. The Labute approximate surface area is 173 Å². The zero-order valence-electron chi connectivity index (χ0n) is 16.5. The van der Waals surface area contributed by atoms with Crippen LogP contribution >= 0.6 is 0 Å². The van der Waals surface area contributed by atoms with Gasteiger partial charge in [-0.05, 0) is 49.3 Å². The van der Waals surface area contributed by atoms with Gasteiger partial charge in [0.1, 0.15) is 12.3 Å². The van der Waals surface area contributed by atoms with E-state index < -0.39 is 34.0 Å². The zero-order chi connectivity index (χ0) is 21.5. The van der Waals surface area contributed by atoms with Crippen molar-refractivity contribution in [2.24, 2.45) is 13.0 Å². The van der Waals surface area contributed by atoms with Crippen molar-refractivity contribution in [3.63, 3.8) is 0 Å². The van der Waals surface area contributed by atoms with Crippen LogP contribution in [0.25, 0.3) is 5.57 Å². The molecule has 1 heterocycles. The molecule has 1 aromatic heterocycles. The molecule has 1 amide bonds. The summed E-state index contributed by atoms with van der Waals surface area (Å²) in [5.41, 5.74) is 0.721. The molecule has 2 aliphatic rings. The second kappa shape index (κ2) is 7.94. The molecule has 2 aromatic rings. The molecule has 2 atom stereocenters.